The number of carbonyl (C=O) groups excluding carboxylic acids is 1. The van der Waals surface area contributed by atoms with E-state index in [0.717, 1.165) is 0 Å². The Labute approximate surface area is 142 Å². The van der Waals surface area contributed by atoms with Crippen LogP contribution in [-0.4, -0.2) is 13.0 Å². The molecule has 0 spiro atoms. The first-order chi connectivity index (χ1) is 11.6. The van der Waals surface area contributed by atoms with Crippen molar-refractivity contribution in [1.82, 2.24) is 0 Å². The minimum absolute atomic E-state index is 0.122. The Hall–Kier alpha value is -2.79. The van der Waals surface area contributed by atoms with Crippen molar-refractivity contribution in [1.29, 1.82) is 0 Å². The summed E-state index contributed by atoms with van der Waals surface area (Å²) < 4.78 is 23.7. The Balaban J connectivity index is 1.81. The first-order valence-electron chi connectivity index (χ1n) is 7.07. The van der Waals surface area contributed by atoms with E-state index in [2.05, 4.69) is 5.32 Å². The van der Waals surface area contributed by atoms with Crippen molar-refractivity contribution in [2.45, 2.75) is 0 Å². The maximum absolute atomic E-state index is 13.0. The third-order valence-electron chi connectivity index (χ3n) is 3.37. The van der Waals surface area contributed by atoms with Gasteiger partial charge in [-0.25, -0.2) is 4.39 Å². The molecule has 0 unspecified atom stereocenters. The third-order valence-corrected chi connectivity index (χ3v) is 3.60. The van der Waals surface area contributed by atoms with E-state index in [1.165, 1.54) is 19.2 Å². The summed E-state index contributed by atoms with van der Waals surface area (Å²) in [6.07, 6.45) is 0. The van der Waals surface area contributed by atoms with E-state index in [1.807, 2.05) is 0 Å². The zero-order valence-electron chi connectivity index (χ0n) is 12.7. The molecule has 1 N–H and O–H groups in total. The number of rotatable bonds is 4. The molecule has 3 aromatic rings. The lowest BCUT2D eigenvalue weighted by Gasteiger charge is -2.09. The van der Waals surface area contributed by atoms with Crippen molar-refractivity contribution < 1.29 is 18.3 Å². The molecule has 0 aliphatic carbocycles. The molecular weight excluding hydrogens is 333 g/mol. The van der Waals surface area contributed by atoms with Crippen molar-refractivity contribution in [3.8, 4) is 17.1 Å². The second-order valence-corrected chi connectivity index (χ2v) is 5.41. The number of carbonyl (C=O) groups is 1. The van der Waals surface area contributed by atoms with Crippen LogP contribution >= 0.6 is 11.6 Å². The molecule has 0 aliphatic heterocycles. The molecule has 1 heterocycles. The van der Waals surface area contributed by atoms with Crippen LogP contribution in [0.1, 0.15) is 10.6 Å². The molecule has 0 aliphatic rings. The summed E-state index contributed by atoms with van der Waals surface area (Å²) in [7, 11) is 1.50. The van der Waals surface area contributed by atoms with E-state index in [0.29, 0.717) is 27.8 Å². The van der Waals surface area contributed by atoms with Crippen molar-refractivity contribution in [2.75, 3.05) is 12.4 Å². The van der Waals surface area contributed by atoms with Gasteiger partial charge in [-0.1, -0.05) is 11.6 Å². The van der Waals surface area contributed by atoms with Gasteiger partial charge in [0.1, 0.15) is 17.3 Å². The Morgan fingerprint density at radius 1 is 1.12 bits per heavy atom. The third kappa shape index (κ3) is 3.41. The van der Waals surface area contributed by atoms with Gasteiger partial charge in [0.15, 0.2) is 5.76 Å². The Morgan fingerprint density at radius 3 is 2.58 bits per heavy atom. The SMILES string of the molecule is COc1ccc(Cl)cc1NC(=O)c1ccc(-c2ccc(F)cc2)o1. The van der Waals surface area contributed by atoms with Crippen molar-refractivity contribution in [3.63, 3.8) is 0 Å². The van der Waals surface area contributed by atoms with Gasteiger partial charge in [0.05, 0.1) is 12.8 Å². The summed E-state index contributed by atoms with van der Waals surface area (Å²) in [5, 5.41) is 3.16. The number of ether oxygens (including phenoxy) is 1. The monoisotopic (exact) mass is 345 g/mol. The number of nitrogens with one attached hydrogen (secondary N) is 1. The molecule has 0 saturated heterocycles. The lowest BCUT2D eigenvalue weighted by atomic mass is 10.2. The summed E-state index contributed by atoms with van der Waals surface area (Å²) >= 11 is 5.94. The van der Waals surface area contributed by atoms with Crippen LogP contribution in [-0.2, 0) is 0 Å². The van der Waals surface area contributed by atoms with E-state index in [-0.39, 0.29) is 11.6 Å². The normalized spacial score (nSPS) is 10.5. The molecule has 0 bridgehead atoms. The van der Waals surface area contributed by atoms with Crippen LogP contribution in [0.15, 0.2) is 59.0 Å². The maximum atomic E-state index is 13.0. The molecule has 3 rings (SSSR count). The molecule has 0 fully saturated rings. The van der Waals surface area contributed by atoms with Crippen LogP contribution in [0, 0.1) is 5.82 Å². The fraction of sp³-hybridized carbons (Fsp3) is 0.0556. The number of halogens is 2. The van der Waals surface area contributed by atoms with E-state index in [1.54, 1.807) is 42.5 Å². The van der Waals surface area contributed by atoms with E-state index in [9.17, 15) is 9.18 Å². The summed E-state index contributed by atoms with van der Waals surface area (Å²) in [5.74, 6) is 0.299. The number of benzene rings is 2. The van der Waals surface area contributed by atoms with Gasteiger partial charge in [-0.05, 0) is 54.6 Å². The summed E-state index contributed by atoms with van der Waals surface area (Å²) in [4.78, 5) is 12.3. The van der Waals surface area contributed by atoms with Gasteiger partial charge >= 0.3 is 0 Å². The number of methoxy groups -OCH3 is 1. The molecular formula is C18H13ClFNO3. The Bertz CT molecular complexity index is 874. The minimum Gasteiger partial charge on any atom is -0.495 e. The van der Waals surface area contributed by atoms with Crippen LogP contribution in [0.3, 0.4) is 0 Å². The maximum Gasteiger partial charge on any atom is 0.291 e. The lowest BCUT2D eigenvalue weighted by molar-refractivity contribution is 0.0997. The smallest absolute Gasteiger partial charge is 0.291 e. The molecule has 0 saturated carbocycles. The highest BCUT2D eigenvalue weighted by atomic mass is 35.5. The highest BCUT2D eigenvalue weighted by molar-refractivity contribution is 6.31. The summed E-state index contributed by atoms with van der Waals surface area (Å²) in [6.45, 7) is 0. The molecule has 122 valence electrons. The predicted molar refractivity (Wildman–Crippen MR) is 90.1 cm³/mol. The van der Waals surface area contributed by atoms with E-state index in [4.69, 9.17) is 20.8 Å². The van der Waals surface area contributed by atoms with Crippen LogP contribution in [0.2, 0.25) is 5.02 Å². The van der Waals surface area contributed by atoms with Gasteiger partial charge in [-0.2, -0.15) is 0 Å². The van der Waals surface area contributed by atoms with E-state index >= 15 is 0 Å². The average Bonchev–Trinajstić information content (AvgIpc) is 3.06. The van der Waals surface area contributed by atoms with Crippen LogP contribution < -0.4 is 10.1 Å². The summed E-state index contributed by atoms with van der Waals surface area (Å²) in [6, 6.07) is 13.9. The molecule has 1 amide bonds. The zero-order valence-corrected chi connectivity index (χ0v) is 13.4. The standard InChI is InChI=1S/C18H13ClFNO3/c1-23-16-7-4-12(19)10-14(16)21-18(22)17-9-8-15(24-17)11-2-5-13(20)6-3-11/h2-10H,1H3,(H,21,22). The van der Waals surface area contributed by atoms with Crippen molar-refractivity contribution in [2.24, 2.45) is 0 Å². The highest BCUT2D eigenvalue weighted by Gasteiger charge is 2.15. The topological polar surface area (TPSA) is 51.5 Å². The highest BCUT2D eigenvalue weighted by Crippen LogP contribution is 2.29. The van der Waals surface area contributed by atoms with Gasteiger partial charge in [-0.15, -0.1) is 0 Å². The van der Waals surface area contributed by atoms with Gasteiger partial charge in [0.25, 0.3) is 5.91 Å². The number of amides is 1. The van der Waals surface area contributed by atoms with Gasteiger partial charge in [-0.3, -0.25) is 4.79 Å². The Kier molecular flexibility index (Phi) is 4.53. The molecule has 24 heavy (non-hydrogen) atoms. The minimum atomic E-state index is -0.441. The van der Waals surface area contributed by atoms with Crippen LogP contribution in [0.25, 0.3) is 11.3 Å². The second-order valence-electron chi connectivity index (χ2n) is 4.97. The van der Waals surface area contributed by atoms with Gasteiger partial charge in [0, 0.05) is 10.6 Å². The fourth-order valence-electron chi connectivity index (χ4n) is 2.19. The Morgan fingerprint density at radius 2 is 1.88 bits per heavy atom. The molecule has 4 nitrogen and oxygen atoms in total. The molecule has 2 aromatic carbocycles. The first kappa shape index (κ1) is 16.1. The average molecular weight is 346 g/mol. The number of hydrogen-bond acceptors (Lipinski definition) is 3. The molecule has 1 aromatic heterocycles. The van der Waals surface area contributed by atoms with Gasteiger partial charge in [0.2, 0.25) is 0 Å². The number of hydrogen-bond donors (Lipinski definition) is 1. The largest absolute Gasteiger partial charge is 0.495 e. The number of furan rings is 1. The van der Waals surface area contributed by atoms with Crippen molar-refractivity contribution >= 4 is 23.2 Å². The lowest BCUT2D eigenvalue weighted by Crippen LogP contribution is -2.11. The molecule has 0 atom stereocenters. The quantitative estimate of drug-likeness (QED) is 0.724. The zero-order chi connectivity index (χ0) is 17.1. The number of anilines is 1. The van der Waals surface area contributed by atoms with Gasteiger partial charge < -0.3 is 14.5 Å². The molecule has 6 heteroatoms. The van der Waals surface area contributed by atoms with Crippen LogP contribution in [0.5, 0.6) is 5.75 Å². The summed E-state index contributed by atoms with van der Waals surface area (Å²) in [5.41, 5.74) is 1.12. The first-order valence-corrected chi connectivity index (χ1v) is 7.45. The van der Waals surface area contributed by atoms with Crippen molar-refractivity contribution in [3.05, 3.63) is 71.2 Å². The van der Waals surface area contributed by atoms with Crippen LogP contribution in [0.4, 0.5) is 10.1 Å². The fourth-order valence-corrected chi connectivity index (χ4v) is 2.36. The predicted octanol–water partition coefficient (Wildman–Crippen LogP) is 5.00. The van der Waals surface area contributed by atoms with E-state index < -0.39 is 5.91 Å². The second kappa shape index (κ2) is 6.76. The molecule has 0 radical (unpaired) electrons.